The zero-order chi connectivity index (χ0) is 30.4. The van der Waals surface area contributed by atoms with Gasteiger partial charge in [-0.3, -0.25) is 19.4 Å². The average Bonchev–Trinajstić information content (AvgIpc) is 3.59. The molecule has 2 N–H and O–H groups in total. The predicted molar refractivity (Wildman–Crippen MR) is 156 cm³/mol. The molecule has 0 aromatic carbocycles. The molecule has 4 aromatic rings. The van der Waals surface area contributed by atoms with Crippen molar-refractivity contribution >= 4 is 40.8 Å². The molecule has 1 aliphatic heterocycles. The first-order chi connectivity index (χ1) is 20.6. The quantitative estimate of drug-likeness (QED) is 0.280. The average molecular weight is 585 g/mol. The Bertz CT molecular complexity index is 1750. The number of nitrogens with one attached hydrogen (secondary N) is 2. The van der Waals surface area contributed by atoms with Crippen LogP contribution < -0.4 is 15.5 Å². The molecule has 2 aliphatic rings. The maximum absolute atomic E-state index is 13.1. The molecule has 3 atom stereocenters. The summed E-state index contributed by atoms with van der Waals surface area (Å²) >= 11 is 0. The van der Waals surface area contributed by atoms with Crippen molar-refractivity contribution in [2.75, 3.05) is 36.2 Å². The van der Waals surface area contributed by atoms with Crippen molar-refractivity contribution < 1.29 is 19.1 Å². The molecule has 0 unspecified atom stereocenters. The Morgan fingerprint density at radius 3 is 2.63 bits per heavy atom. The van der Waals surface area contributed by atoms with Crippen molar-refractivity contribution in [3.63, 3.8) is 0 Å². The van der Waals surface area contributed by atoms with E-state index in [0.717, 1.165) is 16.2 Å². The van der Waals surface area contributed by atoms with Crippen LogP contribution in [-0.2, 0) is 20.9 Å². The number of carbonyl (C=O) groups excluding carboxylic acids is 3. The van der Waals surface area contributed by atoms with E-state index in [1.54, 1.807) is 19.4 Å². The number of aromatic nitrogens is 6. The van der Waals surface area contributed by atoms with Gasteiger partial charge in [-0.25, -0.2) is 29.7 Å². The third-order valence-corrected chi connectivity index (χ3v) is 7.54. The molecular weight excluding hydrogens is 552 g/mol. The summed E-state index contributed by atoms with van der Waals surface area (Å²) in [7, 11) is 3.02. The van der Waals surface area contributed by atoms with Gasteiger partial charge in [-0.1, -0.05) is 0 Å². The molecule has 1 saturated carbocycles. The van der Waals surface area contributed by atoms with Crippen LogP contribution in [0, 0.1) is 19.8 Å². The largest absolute Gasteiger partial charge is 0.377 e. The maximum Gasteiger partial charge on any atom is 0.331 e. The third-order valence-electron chi connectivity index (χ3n) is 7.54. The number of fused-ring (bicyclic) bond motifs is 1. The van der Waals surface area contributed by atoms with Crippen LogP contribution in [0.1, 0.15) is 53.9 Å². The molecule has 0 bridgehead atoms. The summed E-state index contributed by atoms with van der Waals surface area (Å²) in [4.78, 5) is 63.1. The highest BCUT2D eigenvalue weighted by molar-refractivity contribution is 6.13. The Morgan fingerprint density at radius 1 is 1.12 bits per heavy atom. The second-order valence-corrected chi connectivity index (χ2v) is 11.0. The van der Waals surface area contributed by atoms with Crippen molar-refractivity contribution in [2.45, 2.75) is 45.8 Å². The molecule has 2 fully saturated rings. The lowest BCUT2D eigenvalue weighted by molar-refractivity contribution is -0.124. The predicted octanol–water partition coefficient (Wildman–Crippen LogP) is 2.99. The number of imide groups is 1. The van der Waals surface area contributed by atoms with Crippen LogP contribution in [0.4, 0.5) is 22.1 Å². The normalized spacial score (nSPS) is 18.8. The standard InChI is InChI=1S/C29H32N10O4/c1-15-8-21(39-13-25(40)37(4)29(39)42)27-33-20(12-38(27)11-15)17(3)32-22-10-23(35-24(34-22)14-43-5)36-28(41)19-9-18(19)26-30-7-6-16(2)31-26/h6-8,10-12,17-19H,9,13-14H2,1-5H3,(H2,32,34,35,36,41)/t17-,18+,19+/m1/s1. The second-order valence-electron chi connectivity index (χ2n) is 11.0. The van der Waals surface area contributed by atoms with Gasteiger partial charge in [0.25, 0.3) is 0 Å². The van der Waals surface area contributed by atoms with E-state index in [9.17, 15) is 14.4 Å². The summed E-state index contributed by atoms with van der Waals surface area (Å²) in [6, 6.07) is 4.64. The summed E-state index contributed by atoms with van der Waals surface area (Å²) in [5.74, 6) is 1.24. The number of hydrogen-bond acceptors (Lipinski definition) is 10. The lowest BCUT2D eigenvalue weighted by Crippen LogP contribution is -2.30. The molecule has 222 valence electrons. The number of rotatable bonds is 9. The van der Waals surface area contributed by atoms with Crippen LogP contribution in [-0.4, -0.2) is 72.8 Å². The Morgan fingerprint density at radius 2 is 1.91 bits per heavy atom. The Kier molecular flexibility index (Phi) is 7.22. The zero-order valence-corrected chi connectivity index (χ0v) is 24.5. The van der Waals surface area contributed by atoms with E-state index < -0.39 is 6.03 Å². The molecule has 0 radical (unpaired) electrons. The van der Waals surface area contributed by atoms with Gasteiger partial charge in [0.2, 0.25) is 11.8 Å². The summed E-state index contributed by atoms with van der Waals surface area (Å²) in [6.07, 6.45) is 6.17. The number of pyridine rings is 1. The number of imidazole rings is 1. The molecule has 1 aliphatic carbocycles. The van der Waals surface area contributed by atoms with Crippen molar-refractivity contribution in [2.24, 2.45) is 5.92 Å². The van der Waals surface area contributed by atoms with Crippen molar-refractivity contribution in [1.29, 1.82) is 0 Å². The van der Waals surface area contributed by atoms with Gasteiger partial charge < -0.3 is 19.8 Å². The van der Waals surface area contributed by atoms with E-state index in [-0.39, 0.29) is 42.8 Å². The van der Waals surface area contributed by atoms with Crippen LogP contribution in [0.2, 0.25) is 0 Å². The second kappa shape index (κ2) is 11.0. The molecule has 1 saturated heterocycles. The number of likely N-dealkylation sites (N-methyl/N-ethyl adjacent to an activating group) is 1. The number of nitrogens with zero attached hydrogens (tertiary/aromatic N) is 8. The Hall–Kier alpha value is -4.98. The first kappa shape index (κ1) is 28.2. The number of amides is 4. The topological polar surface area (TPSA) is 160 Å². The molecule has 4 amide bonds. The van der Waals surface area contributed by atoms with Crippen LogP contribution >= 0.6 is 0 Å². The highest BCUT2D eigenvalue weighted by Crippen LogP contribution is 2.46. The van der Waals surface area contributed by atoms with Crippen LogP contribution in [0.5, 0.6) is 0 Å². The molecule has 0 spiro atoms. The lowest BCUT2D eigenvalue weighted by Gasteiger charge is -2.16. The molecule has 5 heterocycles. The third kappa shape index (κ3) is 5.60. The highest BCUT2D eigenvalue weighted by Gasteiger charge is 2.46. The number of carbonyl (C=O) groups is 3. The summed E-state index contributed by atoms with van der Waals surface area (Å²) in [5.41, 5.74) is 3.58. The SMILES string of the molecule is COCc1nc(NC(=O)[C@H]2C[C@@H]2c2nccc(C)n2)cc(N[C@H](C)c2cn3cc(C)cc(N4CC(=O)N(C)C4=O)c3n2)n1. The van der Waals surface area contributed by atoms with Crippen LogP contribution in [0.15, 0.2) is 36.8 Å². The number of aryl methyl sites for hydroxylation is 2. The zero-order valence-electron chi connectivity index (χ0n) is 24.5. The Labute approximate surface area is 247 Å². The number of urea groups is 1. The van der Waals surface area contributed by atoms with Gasteiger partial charge in [0.05, 0.1) is 17.4 Å². The highest BCUT2D eigenvalue weighted by atomic mass is 16.5. The fourth-order valence-corrected chi connectivity index (χ4v) is 5.19. The minimum absolute atomic E-state index is 0.0178. The fourth-order valence-electron chi connectivity index (χ4n) is 5.19. The smallest absolute Gasteiger partial charge is 0.331 e. The number of methoxy groups -OCH3 is 1. The first-order valence-corrected chi connectivity index (χ1v) is 13.9. The molecule has 43 heavy (non-hydrogen) atoms. The van der Waals surface area contributed by atoms with Crippen molar-refractivity contribution in [3.8, 4) is 0 Å². The Balaban J connectivity index is 1.21. The van der Waals surface area contributed by atoms with E-state index >= 15 is 0 Å². The van der Waals surface area contributed by atoms with Gasteiger partial charge in [-0.05, 0) is 44.9 Å². The van der Waals surface area contributed by atoms with Crippen LogP contribution in [0.3, 0.4) is 0 Å². The van der Waals surface area contributed by atoms with Crippen molar-refractivity contribution in [1.82, 2.24) is 34.2 Å². The number of anilines is 3. The summed E-state index contributed by atoms with van der Waals surface area (Å²) in [6.45, 7) is 5.87. The molecule has 14 heteroatoms. The maximum atomic E-state index is 13.1. The van der Waals surface area contributed by atoms with Gasteiger partial charge >= 0.3 is 6.03 Å². The minimum Gasteiger partial charge on any atom is -0.377 e. The molecule has 14 nitrogen and oxygen atoms in total. The van der Waals surface area contributed by atoms with E-state index in [4.69, 9.17) is 9.72 Å². The molecule has 6 rings (SSSR count). The first-order valence-electron chi connectivity index (χ1n) is 13.9. The number of hydrogen-bond donors (Lipinski definition) is 2. The fraction of sp³-hybridized carbons (Fsp3) is 0.379. The van der Waals surface area contributed by atoms with E-state index in [1.165, 1.54) is 11.9 Å². The van der Waals surface area contributed by atoms with Crippen LogP contribution in [0.25, 0.3) is 5.65 Å². The molecule has 4 aromatic heterocycles. The van der Waals surface area contributed by atoms with Gasteiger partial charge in [-0.15, -0.1) is 0 Å². The van der Waals surface area contributed by atoms with E-state index in [2.05, 4.69) is 30.6 Å². The van der Waals surface area contributed by atoms with E-state index in [0.29, 0.717) is 46.7 Å². The molecular formula is C29H32N10O4. The summed E-state index contributed by atoms with van der Waals surface area (Å²) < 4.78 is 7.11. The summed E-state index contributed by atoms with van der Waals surface area (Å²) in [5, 5.41) is 6.27. The van der Waals surface area contributed by atoms with Gasteiger partial charge in [-0.2, -0.15) is 0 Å². The number of ether oxygens (including phenoxy) is 1. The lowest BCUT2D eigenvalue weighted by atomic mass is 10.2. The van der Waals surface area contributed by atoms with Gasteiger partial charge in [0.15, 0.2) is 11.5 Å². The van der Waals surface area contributed by atoms with E-state index in [1.807, 2.05) is 49.7 Å². The monoisotopic (exact) mass is 584 g/mol. The van der Waals surface area contributed by atoms with Gasteiger partial charge in [0, 0.05) is 56.3 Å². The van der Waals surface area contributed by atoms with Crippen molar-refractivity contribution in [3.05, 3.63) is 65.4 Å². The minimum atomic E-state index is -0.390. The van der Waals surface area contributed by atoms with Gasteiger partial charge in [0.1, 0.15) is 30.6 Å².